The molecular weight excluding hydrogens is 356 g/mol. The van der Waals surface area contributed by atoms with Crippen LogP contribution in [0.5, 0.6) is 0 Å². The monoisotopic (exact) mass is 374 g/mol. The van der Waals surface area contributed by atoms with E-state index in [0.29, 0.717) is 22.7 Å². The summed E-state index contributed by atoms with van der Waals surface area (Å²) in [5.41, 5.74) is 3.06. The van der Waals surface area contributed by atoms with Crippen LogP contribution in [0.15, 0.2) is 29.4 Å². The molecule has 1 amide bonds. The highest BCUT2D eigenvalue weighted by Crippen LogP contribution is 2.20. The fourth-order valence-corrected chi connectivity index (χ4v) is 3.57. The topological polar surface area (TPSA) is 132 Å². The van der Waals surface area contributed by atoms with Gasteiger partial charge in [0.05, 0.1) is 11.3 Å². The summed E-state index contributed by atoms with van der Waals surface area (Å²) in [6, 6.07) is 4.57. The Bertz CT molecular complexity index is 1120. The van der Waals surface area contributed by atoms with Crippen LogP contribution in [0.25, 0.3) is 5.78 Å². The number of nitrogens with two attached hydrogens (primary N) is 1. The Kier molecular flexibility index (Phi) is 4.46. The summed E-state index contributed by atoms with van der Waals surface area (Å²) in [6.45, 7) is 5.27. The van der Waals surface area contributed by atoms with E-state index in [2.05, 4.69) is 20.4 Å². The van der Waals surface area contributed by atoms with E-state index in [1.807, 2.05) is 6.92 Å². The van der Waals surface area contributed by atoms with E-state index in [0.717, 1.165) is 11.3 Å². The number of hydrogen-bond donors (Lipinski definition) is 2. The van der Waals surface area contributed by atoms with Gasteiger partial charge < -0.3 is 5.32 Å². The highest BCUT2D eigenvalue weighted by atomic mass is 32.2. The van der Waals surface area contributed by atoms with Gasteiger partial charge in [0.2, 0.25) is 15.9 Å². The Labute approximate surface area is 150 Å². The van der Waals surface area contributed by atoms with Crippen LogP contribution in [0.2, 0.25) is 0 Å². The molecule has 3 rings (SSSR count). The van der Waals surface area contributed by atoms with Crippen LogP contribution < -0.4 is 10.5 Å². The number of amides is 1. The predicted octanol–water partition coefficient (Wildman–Crippen LogP) is 0.878. The number of carbonyl (C=O) groups is 1. The standard InChI is InChI=1S/C16H18N6O3S/c1-9-4-5-12(6-14(9)26(17,24)25)21-15(23)7-13-10(2)20-16-18-8-19-22(16)11(13)3/h4-6,8H,7H2,1-3H3,(H,21,23)(H2,17,24,25). The van der Waals surface area contributed by atoms with Crippen molar-refractivity contribution in [3.05, 3.63) is 47.0 Å². The maximum absolute atomic E-state index is 12.4. The molecule has 0 saturated carbocycles. The van der Waals surface area contributed by atoms with Crippen molar-refractivity contribution in [1.82, 2.24) is 19.6 Å². The number of nitrogens with zero attached hydrogens (tertiary/aromatic N) is 4. The SMILES string of the molecule is Cc1ccc(NC(=O)Cc2c(C)nc3ncnn3c2C)cc1S(N)(=O)=O. The van der Waals surface area contributed by atoms with Gasteiger partial charge in [-0.25, -0.2) is 23.1 Å². The maximum atomic E-state index is 12.4. The van der Waals surface area contributed by atoms with Gasteiger partial charge in [-0.05, 0) is 38.5 Å². The van der Waals surface area contributed by atoms with Crippen molar-refractivity contribution in [2.24, 2.45) is 5.14 Å². The lowest BCUT2D eigenvalue weighted by atomic mass is 10.1. The molecule has 0 fully saturated rings. The number of rotatable bonds is 4. The third-order valence-corrected chi connectivity index (χ3v) is 5.16. The van der Waals surface area contributed by atoms with Crippen LogP contribution in [0.4, 0.5) is 5.69 Å². The molecule has 2 aromatic heterocycles. The molecule has 0 aliphatic rings. The van der Waals surface area contributed by atoms with Crippen molar-refractivity contribution in [3.8, 4) is 0 Å². The highest BCUT2D eigenvalue weighted by Gasteiger charge is 2.16. The Hall–Kier alpha value is -2.85. The summed E-state index contributed by atoms with van der Waals surface area (Å²) < 4.78 is 24.8. The number of anilines is 1. The zero-order chi connectivity index (χ0) is 19.1. The number of fused-ring (bicyclic) bond motifs is 1. The molecule has 136 valence electrons. The summed E-state index contributed by atoms with van der Waals surface area (Å²) in [6.07, 6.45) is 1.47. The molecule has 0 bridgehead atoms. The van der Waals surface area contributed by atoms with Gasteiger partial charge in [-0.15, -0.1) is 0 Å². The average Bonchev–Trinajstić information content (AvgIpc) is 3.00. The smallest absolute Gasteiger partial charge is 0.252 e. The first-order chi connectivity index (χ1) is 12.2. The minimum atomic E-state index is -3.86. The van der Waals surface area contributed by atoms with Crippen molar-refractivity contribution in [2.75, 3.05) is 5.32 Å². The number of sulfonamides is 1. The minimum absolute atomic E-state index is 0.0200. The molecule has 9 nitrogen and oxygen atoms in total. The fraction of sp³-hybridized carbons (Fsp3) is 0.250. The lowest BCUT2D eigenvalue weighted by molar-refractivity contribution is -0.115. The van der Waals surface area contributed by atoms with Crippen molar-refractivity contribution < 1.29 is 13.2 Å². The van der Waals surface area contributed by atoms with Crippen LogP contribution >= 0.6 is 0 Å². The number of carbonyl (C=O) groups excluding carboxylic acids is 1. The van der Waals surface area contributed by atoms with Gasteiger partial charge in [0.15, 0.2) is 0 Å². The number of nitrogens with one attached hydrogen (secondary N) is 1. The van der Waals surface area contributed by atoms with Gasteiger partial charge in [0.25, 0.3) is 5.78 Å². The quantitative estimate of drug-likeness (QED) is 0.696. The van der Waals surface area contributed by atoms with Gasteiger partial charge in [0, 0.05) is 22.6 Å². The highest BCUT2D eigenvalue weighted by molar-refractivity contribution is 7.89. The molecule has 3 N–H and O–H groups in total. The van der Waals surface area contributed by atoms with Crippen LogP contribution in [0, 0.1) is 20.8 Å². The second-order valence-electron chi connectivity index (χ2n) is 5.98. The molecule has 3 aromatic rings. The van der Waals surface area contributed by atoms with Crippen LogP contribution in [0.1, 0.15) is 22.5 Å². The molecule has 0 radical (unpaired) electrons. The largest absolute Gasteiger partial charge is 0.326 e. The van der Waals surface area contributed by atoms with E-state index >= 15 is 0 Å². The van der Waals surface area contributed by atoms with Gasteiger partial charge in [-0.2, -0.15) is 10.1 Å². The molecule has 2 heterocycles. The third-order valence-electron chi connectivity index (χ3n) is 4.10. The predicted molar refractivity (Wildman–Crippen MR) is 95.1 cm³/mol. The normalized spacial score (nSPS) is 11.7. The van der Waals surface area contributed by atoms with Crippen LogP contribution in [-0.4, -0.2) is 33.9 Å². The first-order valence-corrected chi connectivity index (χ1v) is 9.30. The second-order valence-corrected chi connectivity index (χ2v) is 7.51. The number of aromatic nitrogens is 4. The van der Waals surface area contributed by atoms with Crippen molar-refractivity contribution >= 4 is 27.4 Å². The van der Waals surface area contributed by atoms with E-state index in [1.165, 1.54) is 12.4 Å². The molecule has 0 aliphatic heterocycles. The van der Waals surface area contributed by atoms with Crippen molar-refractivity contribution in [1.29, 1.82) is 0 Å². The third kappa shape index (κ3) is 3.41. The Morgan fingerprint density at radius 1 is 1.27 bits per heavy atom. The average molecular weight is 374 g/mol. The van der Waals surface area contributed by atoms with Crippen LogP contribution in [0.3, 0.4) is 0 Å². The lowest BCUT2D eigenvalue weighted by Crippen LogP contribution is -2.19. The van der Waals surface area contributed by atoms with Crippen molar-refractivity contribution in [3.63, 3.8) is 0 Å². The van der Waals surface area contributed by atoms with E-state index in [1.54, 1.807) is 30.5 Å². The maximum Gasteiger partial charge on any atom is 0.252 e. The minimum Gasteiger partial charge on any atom is -0.326 e. The van der Waals surface area contributed by atoms with Crippen molar-refractivity contribution in [2.45, 2.75) is 32.1 Å². The molecule has 0 atom stereocenters. The molecule has 0 saturated heterocycles. The zero-order valence-electron chi connectivity index (χ0n) is 14.5. The molecule has 0 spiro atoms. The second kappa shape index (κ2) is 6.46. The van der Waals surface area contributed by atoms with E-state index < -0.39 is 10.0 Å². The summed E-state index contributed by atoms with van der Waals surface area (Å²) >= 11 is 0. The van der Waals surface area contributed by atoms with Gasteiger partial charge in [-0.3, -0.25) is 4.79 Å². The summed E-state index contributed by atoms with van der Waals surface area (Å²) in [4.78, 5) is 20.8. The molecular formula is C16H18N6O3S. The molecule has 0 aliphatic carbocycles. The summed E-state index contributed by atoms with van der Waals surface area (Å²) in [5.74, 6) is 0.169. The zero-order valence-corrected chi connectivity index (χ0v) is 15.3. The van der Waals surface area contributed by atoms with Gasteiger partial charge in [-0.1, -0.05) is 6.07 Å². The van der Waals surface area contributed by atoms with E-state index in [4.69, 9.17) is 5.14 Å². The fourth-order valence-electron chi connectivity index (χ4n) is 2.76. The summed E-state index contributed by atoms with van der Waals surface area (Å²) in [5, 5.41) is 12.0. The van der Waals surface area contributed by atoms with Crippen LogP contribution in [-0.2, 0) is 21.2 Å². The Balaban J connectivity index is 1.86. The van der Waals surface area contributed by atoms with E-state index in [9.17, 15) is 13.2 Å². The molecule has 10 heteroatoms. The first kappa shape index (κ1) is 18.0. The number of primary sulfonamides is 1. The first-order valence-electron chi connectivity index (χ1n) is 7.76. The summed E-state index contributed by atoms with van der Waals surface area (Å²) in [7, 11) is -3.86. The molecule has 1 aromatic carbocycles. The number of hydrogen-bond acceptors (Lipinski definition) is 6. The van der Waals surface area contributed by atoms with Gasteiger partial charge in [0.1, 0.15) is 6.33 Å². The lowest BCUT2D eigenvalue weighted by Gasteiger charge is -2.12. The van der Waals surface area contributed by atoms with E-state index in [-0.39, 0.29) is 17.2 Å². The molecule has 26 heavy (non-hydrogen) atoms. The number of benzene rings is 1. The Morgan fingerprint density at radius 2 is 2.00 bits per heavy atom. The number of aryl methyl sites for hydroxylation is 3. The molecule has 0 unspecified atom stereocenters. The Morgan fingerprint density at radius 3 is 2.69 bits per heavy atom. The van der Waals surface area contributed by atoms with Gasteiger partial charge >= 0.3 is 0 Å².